The number of amides is 1. The Morgan fingerprint density at radius 3 is 2.63 bits per heavy atom. The van der Waals surface area contributed by atoms with E-state index in [0.29, 0.717) is 12.0 Å². The van der Waals surface area contributed by atoms with E-state index in [1.54, 1.807) is 11.2 Å². The first kappa shape index (κ1) is 13.8. The lowest BCUT2D eigenvalue weighted by Gasteiger charge is -2.36. The Morgan fingerprint density at radius 2 is 2.05 bits per heavy atom. The van der Waals surface area contributed by atoms with E-state index < -0.39 is 0 Å². The zero-order valence-electron chi connectivity index (χ0n) is 12.1. The summed E-state index contributed by atoms with van der Waals surface area (Å²) in [5.74, 6) is 1.65. The van der Waals surface area contributed by atoms with Crippen molar-refractivity contribution in [2.75, 3.05) is 19.4 Å². The van der Waals surface area contributed by atoms with Gasteiger partial charge in [0.1, 0.15) is 12.1 Å². The Labute approximate surface area is 114 Å². The number of nitrogens with one attached hydrogen (secondary N) is 1. The van der Waals surface area contributed by atoms with Crippen molar-refractivity contribution in [3.63, 3.8) is 0 Å². The second kappa shape index (κ2) is 5.55. The molecule has 1 N–H and O–H groups in total. The molecule has 1 aliphatic rings. The number of aromatic nitrogens is 2. The van der Waals surface area contributed by atoms with Gasteiger partial charge in [0.15, 0.2) is 0 Å². The summed E-state index contributed by atoms with van der Waals surface area (Å²) in [6.45, 7) is 4.22. The van der Waals surface area contributed by atoms with Crippen LogP contribution in [0.4, 0.5) is 5.82 Å². The smallest absolute Gasteiger partial charge is 0.225 e. The summed E-state index contributed by atoms with van der Waals surface area (Å²) in [7, 11) is 3.62. The Morgan fingerprint density at radius 1 is 1.37 bits per heavy atom. The molecule has 0 saturated heterocycles. The van der Waals surface area contributed by atoms with Crippen LogP contribution < -0.4 is 5.32 Å². The first-order valence-corrected chi connectivity index (χ1v) is 6.77. The zero-order chi connectivity index (χ0) is 14.0. The van der Waals surface area contributed by atoms with Crippen LogP contribution >= 0.6 is 0 Å². The normalized spacial score (nSPS) is 21.9. The summed E-state index contributed by atoms with van der Waals surface area (Å²) in [5.41, 5.74) is 1.04. The number of hydrogen-bond donors (Lipinski definition) is 1. The summed E-state index contributed by atoms with van der Waals surface area (Å²) in [5, 5.41) is 3.38. The van der Waals surface area contributed by atoms with Gasteiger partial charge in [-0.3, -0.25) is 4.79 Å². The van der Waals surface area contributed by atoms with Crippen LogP contribution in [0, 0.1) is 5.92 Å². The summed E-state index contributed by atoms with van der Waals surface area (Å²) < 4.78 is 0. The van der Waals surface area contributed by atoms with Gasteiger partial charge in [0.25, 0.3) is 0 Å². The molecule has 1 saturated carbocycles. The zero-order valence-corrected chi connectivity index (χ0v) is 12.1. The Balaban J connectivity index is 1.88. The van der Waals surface area contributed by atoms with Crippen LogP contribution in [0.15, 0.2) is 12.4 Å². The molecule has 5 nitrogen and oxygen atoms in total. The van der Waals surface area contributed by atoms with Crippen LogP contribution in [-0.4, -0.2) is 40.9 Å². The van der Waals surface area contributed by atoms with Gasteiger partial charge in [-0.2, -0.15) is 0 Å². The van der Waals surface area contributed by atoms with Crippen LogP contribution in [0.5, 0.6) is 0 Å². The monoisotopic (exact) mass is 262 g/mol. The molecule has 5 heteroatoms. The van der Waals surface area contributed by atoms with Gasteiger partial charge in [0.05, 0.1) is 0 Å². The summed E-state index contributed by atoms with van der Waals surface area (Å²) in [6.07, 6.45) is 3.37. The molecule has 0 radical (unpaired) electrons. The second-order valence-electron chi connectivity index (χ2n) is 5.73. The lowest BCUT2D eigenvalue weighted by atomic mass is 9.79. The van der Waals surface area contributed by atoms with Gasteiger partial charge >= 0.3 is 0 Å². The number of nitrogens with zero attached hydrogens (tertiary/aromatic N) is 3. The van der Waals surface area contributed by atoms with E-state index in [9.17, 15) is 4.79 Å². The lowest BCUT2D eigenvalue weighted by Crippen LogP contribution is -2.44. The van der Waals surface area contributed by atoms with Crippen molar-refractivity contribution >= 4 is 11.7 Å². The van der Waals surface area contributed by atoms with E-state index in [0.717, 1.165) is 24.4 Å². The second-order valence-corrected chi connectivity index (χ2v) is 5.73. The maximum atomic E-state index is 11.7. The average molecular weight is 262 g/mol. The minimum atomic E-state index is 0.166. The van der Waals surface area contributed by atoms with Gasteiger partial charge in [-0.05, 0) is 18.8 Å². The number of rotatable bonds is 4. The molecule has 1 fully saturated rings. The Kier molecular flexibility index (Phi) is 4.02. The molecular formula is C14H22N4O. The molecule has 104 valence electrons. The highest BCUT2D eigenvalue weighted by Crippen LogP contribution is 2.31. The molecule has 1 heterocycles. The molecule has 1 aromatic rings. The van der Waals surface area contributed by atoms with Crippen molar-refractivity contribution in [3.8, 4) is 0 Å². The van der Waals surface area contributed by atoms with Gasteiger partial charge in [-0.15, -0.1) is 0 Å². The molecule has 1 aromatic heterocycles. The molecule has 19 heavy (non-hydrogen) atoms. The molecule has 1 aliphatic carbocycles. The van der Waals surface area contributed by atoms with Gasteiger partial charge in [-0.25, -0.2) is 9.97 Å². The van der Waals surface area contributed by atoms with Gasteiger partial charge < -0.3 is 10.2 Å². The first-order valence-electron chi connectivity index (χ1n) is 6.77. The fourth-order valence-corrected chi connectivity index (χ4v) is 2.28. The Bertz CT molecular complexity index is 453. The van der Waals surface area contributed by atoms with E-state index in [4.69, 9.17) is 0 Å². The van der Waals surface area contributed by atoms with Crippen LogP contribution in [0.1, 0.15) is 38.3 Å². The molecule has 1 amide bonds. The number of anilines is 1. The third-order valence-corrected chi connectivity index (χ3v) is 3.56. The van der Waals surface area contributed by atoms with Crippen molar-refractivity contribution in [1.82, 2.24) is 14.9 Å². The maximum Gasteiger partial charge on any atom is 0.225 e. The quantitative estimate of drug-likeness (QED) is 0.900. The van der Waals surface area contributed by atoms with Gasteiger partial charge in [0, 0.05) is 37.8 Å². The molecule has 0 aromatic carbocycles. The summed E-state index contributed by atoms with van der Waals surface area (Å²) in [6, 6.07) is 2.34. The maximum absolute atomic E-state index is 11.7. The highest BCUT2D eigenvalue weighted by molar-refractivity contribution is 5.79. The molecule has 0 unspecified atom stereocenters. The minimum Gasteiger partial charge on any atom is -0.367 e. The first-order chi connectivity index (χ1) is 8.97. The molecule has 0 spiro atoms. The predicted molar refractivity (Wildman–Crippen MR) is 74.9 cm³/mol. The van der Waals surface area contributed by atoms with Gasteiger partial charge in [0.2, 0.25) is 5.91 Å². The van der Waals surface area contributed by atoms with Crippen LogP contribution in [0.2, 0.25) is 0 Å². The molecule has 0 aliphatic heterocycles. The molecule has 2 rings (SSSR count). The molecule has 0 atom stereocenters. The Hall–Kier alpha value is -1.65. The number of carbonyl (C=O) groups is 1. The van der Waals surface area contributed by atoms with Crippen LogP contribution in [0.3, 0.4) is 0 Å². The van der Waals surface area contributed by atoms with Gasteiger partial charge in [-0.1, -0.05) is 13.8 Å². The highest BCUT2D eigenvalue weighted by Gasteiger charge is 2.35. The largest absolute Gasteiger partial charge is 0.367 e. The van der Waals surface area contributed by atoms with Crippen molar-refractivity contribution < 1.29 is 4.79 Å². The van der Waals surface area contributed by atoms with E-state index in [1.165, 1.54) is 0 Å². The van der Waals surface area contributed by atoms with E-state index in [1.807, 2.05) is 20.2 Å². The number of carbonyl (C=O) groups excluding carboxylic acids is 1. The van der Waals surface area contributed by atoms with Crippen molar-refractivity contribution in [2.24, 2.45) is 5.92 Å². The SMILES string of the molecule is CC(C)c1cc(N[C@H]2C[C@@H](C(=O)N(C)C)C2)ncn1. The third-order valence-electron chi connectivity index (χ3n) is 3.56. The third kappa shape index (κ3) is 3.22. The van der Waals surface area contributed by atoms with E-state index in [2.05, 4.69) is 29.1 Å². The minimum absolute atomic E-state index is 0.166. The van der Waals surface area contributed by atoms with Crippen molar-refractivity contribution in [2.45, 2.75) is 38.6 Å². The van der Waals surface area contributed by atoms with Crippen LogP contribution in [-0.2, 0) is 4.79 Å². The van der Waals surface area contributed by atoms with Crippen molar-refractivity contribution in [1.29, 1.82) is 0 Å². The van der Waals surface area contributed by atoms with E-state index in [-0.39, 0.29) is 11.8 Å². The highest BCUT2D eigenvalue weighted by atomic mass is 16.2. The topological polar surface area (TPSA) is 58.1 Å². The van der Waals surface area contributed by atoms with Crippen LogP contribution in [0.25, 0.3) is 0 Å². The number of hydrogen-bond acceptors (Lipinski definition) is 4. The van der Waals surface area contributed by atoms with E-state index >= 15 is 0 Å². The average Bonchev–Trinajstić information content (AvgIpc) is 2.32. The molecule has 0 bridgehead atoms. The van der Waals surface area contributed by atoms with Crippen molar-refractivity contribution in [3.05, 3.63) is 18.1 Å². The lowest BCUT2D eigenvalue weighted by molar-refractivity contribution is -0.135. The predicted octanol–water partition coefficient (Wildman–Crippen LogP) is 1.88. The fourth-order valence-electron chi connectivity index (χ4n) is 2.28. The fraction of sp³-hybridized carbons (Fsp3) is 0.643. The standard InChI is InChI=1S/C14H22N4O/c1-9(2)12-7-13(16-8-15-12)17-11-5-10(6-11)14(19)18(3)4/h7-11H,5-6H2,1-4H3,(H,15,16,17)/t10-,11+. The summed E-state index contributed by atoms with van der Waals surface area (Å²) in [4.78, 5) is 21.9. The summed E-state index contributed by atoms with van der Waals surface area (Å²) >= 11 is 0. The molecular weight excluding hydrogens is 240 g/mol.